The second kappa shape index (κ2) is 9.39. The van der Waals surface area contributed by atoms with E-state index in [4.69, 9.17) is 20.1 Å². The molecule has 1 aromatic rings. The largest absolute Gasteiger partial charge is 0.399 e. The molecule has 1 aromatic carbocycles. The molecule has 2 rings (SSSR count). The second-order valence-corrected chi connectivity index (χ2v) is 5.25. The van der Waals surface area contributed by atoms with Crippen molar-refractivity contribution in [2.75, 3.05) is 20.8 Å². The van der Waals surface area contributed by atoms with Crippen molar-refractivity contribution in [2.45, 2.75) is 6.61 Å². The molecule has 0 aliphatic heterocycles. The first-order chi connectivity index (χ1) is 12.2. The van der Waals surface area contributed by atoms with Crippen LogP contribution in [0.15, 0.2) is 64.4 Å². The fourth-order valence-electron chi connectivity index (χ4n) is 2.38. The Labute approximate surface area is 146 Å². The number of allylic oxidation sites excluding steroid dienone is 3. The van der Waals surface area contributed by atoms with Crippen molar-refractivity contribution >= 4 is 17.3 Å². The van der Waals surface area contributed by atoms with E-state index in [0.717, 1.165) is 11.1 Å². The van der Waals surface area contributed by atoms with E-state index in [-0.39, 0.29) is 5.71 Å². The highest BCUT2D eigenvalue weighted by atomic mass is 16.6. The molecule has 0 radical (unpaired) electrons. The summed E-state index contributed by atoms with van der Waals surface area (Å²) in [7, 11) is 2.93. The quantitative estimate of drug-likeness (QED) is 0.575. The van der Waals surface area contributed by atoms with Gasteiger partial charge >= 0.3 is 0 Å². The van der Waals surface area contributed by atoms with E-state index in [1.807, 2.05) is 36.4 Å². The van der Waals surface area contributed by atoms with Crippen LogP contribution in [-0.4, -0.2) is 38.2 Å². The summed E-state index contributed by atoms with van der Waals surface area (Å²) in [6, 6.07) is 9.64. The summed E-state index contributed by atoms with van der Waals surface area (Å²) in [4.78, 5) is 22.0. The molecule has 2 N–H and O–H groups in total. The number of ether oxygens (including phenoxy) is 1. The maximum absolute atomic E-state index is 11.7. The molecule has 1 aliphatic rings. The van der Waals surface area contributed by atoms with Gasteiger partial charge in [-0.25, -0.2) is 0 Å². The SMILES string of the molecule is COCC1=CC=CC(C(=NOC)C(N)=O)C1=NOCc1ccccc1. The minimum atomic E-state index is -0.689. The Hall–Kier alpha value is -2.93. The summed E-state index contributed by atoms with van der Waals surface area (Å²) in [5.74, 6) is -1.26. The van der Waals surface area contributed by atoms with Crippen molar-refractivity contribution < 1.29 is 19.2 Å². The predicted octanol–water partition coefficient (Wildman–Crippen LogP) is 1.81. The van der Waals surface area contributed by atoms with Gasteiger partial charge in [0.1, 0.15) is 13.7 Å². The Morgan fingerprint density at radius 3 is 2.60 bits per heavy atom. The van der Waals surface area contributed by atoms with Gasteiger partial charge in [-0.2, -0.15) is 0 Å². The molecule has 7 heteroatoms. The number of benzene rings is 1. The van der Waals surface area contributed by atoms with Crippen molar-refractivity contribution in [3.8, 4) is 0 Å². The Bertz CT molecular complexity index is 708. The minimum Gasteiger partial charge on any atom is -0.399 e. The van der Waals surface area contributed by atoms with E-state index < -0.39 is 11.8 Å². The van der Waals surface area contributed by atoms with Crippen LogP contribution in [0.4, 0.5) is 0 Å². The van der Waals surface area contributed by atoms with Crippen LogP contribution in [0, 0.1) is 5.92 Å². The first-order valence-corrected chi connectivity index (χ1v) is 7.68. The molecule has 1 atom stereocenters. The van der Waals surface area contributed by atoms with Gasteiger partial charge in [-0.3, -0.25) is 4.79 Å². The van der Waals surface area contributed by atoms with Gasteiger partial charge in [0.15, 0.2) is 5.71 Å². The van der Waals surface area contributed by atoms with Gasteiger partial charge in [-0.05, 0) is 5.56 Å². The number of nitrogens with zero attached hydrogens (tertiary/aromatic N) is 2. The topological polar surface area (TPSA) is 95.5 Å². The Balaban J connectivity index is 2.26. The molecule has 0 fully saturated rings. The molecule has 1 unspecified atom stereocenters. The molecule has 1 amide bonds. The summed E-state index contributed by atoms with van der Waals surface area (Å²) < 4.78 is 5.20. The van der Waals surface area contributed by atoms with Gasteiger partial charge in [0.2, 0.25) is 0 Å². The summed E-state index contributed by atoms with van der Waals surface area (Å²) in [6.45, 7) is 0.613. The van der Waals surface area contributed by atoms with Crippen LogP contribution in [0.25, 0.3) is 0 Å². The monoisotopic (exact) mass is 343 g/mol. The van der Waals surface area contributed by atoms with Gasteiger partial charge in [-0.1, -0.05) is 58.9 Å². The number of primary amides is 1. The number of rotatable bonds is 8. The highest BCUT2D eigenvalue weighted by molar-refractivity contribution is 6.44. The zero-order valence-corrected chi connectivity index (χ0v) is 14.2. The van der Waals surface area contributed by atoms with E-state index >= 15 is 0 Å². The van der Waals surface area contributed by atoms with Crippen molar-refractivity contribution in [2.24, 2.45) is 22.0 Å². The highest BCUT2D eigenvalue weighted by Crippen LogP contribution is 2.20. The van der Waals surface area contributed by atoms with E-state index in [1.54, 1.807) is 19.3 Å². The van der Waals surface area contributed by atoms with Crippen LogP contribution < -0.4 is 5.73 Å². The van der Waals surface area contributed by atoms with Crippen LogP contribution in [0.2, 0.25) is 0 Å². The van der Waals surface area contributed by atoms with Crippen LogP contribution in [-0.2, 0) is 25.8 Å². The summed E-state index contributed by atoms with van der Waals surface area (Å²) in [6.07, 6.45) is 5.39. The lowest BCUT2D eigenvalue weighted by Gasteiger charge is -2.20. The number of hydrogen-bond acceptors (Lipinski definition) is 6. The van der Waals surface area contributed by atoms with Crippen molar-refractivity contribution in [3.05, 3.63) is 59.7 Å². The smallest absolute Gasteiger partial charge is 0.267 e. The molecule has 0 saturated carbocycles. The van der Waals surface area contributed by atoms with Crippen molar-refractivity contribution in [1.82, 2.24) is 0 Å². The number of nitrogens with two attached hydrogens (primary N) is 1. The first kappa shape index (κ1) is 18.4. The van der Waals surface area contributed by atoms with Gasteiger partial charge in [0.05, 0.1) is 18.2 Å². The third kappa shape index (κ3) is 5.02. The lowest BCUT2D eigenvalue weighted by Crippen LogP contribution is -2.36. The summed E-state index contributed by atoms with van der Waals surface area (Å²) >= 11 is 0. The molecule has 1 aliphatic carbocycles. The predicted molar refractivity (Wildman–Crippen MR) is 94.9 cm³/mol. The minimum absolute atomic E-state index is 0.0440. The third-order valence-corrected chi connectivity index (χ3v) is 3.50. The lowest BCUT2D eigenvalue weighted by molar-refractivity contribution is -0.112. The molecule has 132 valence electrons. The number of amides is 1. The maximum Gasteiger partial charge on any atom is 0.267 e. The van der Waals surface area contributed by atoms with Crippen molar-refractivity contribution in [1.29, 1.82) is 0 Å². The summed E-state index contributed by atoms with van der Waals surface area (Å²) in [5.41, 5.74) is 7.73. The maximum atomic E-state index is 11.7. The first-order valence-electron chi connectivity index (χ1n) is 7.68. The number of oxime groups is 2. The van der Waals surface area contributed by atoms with Gasteiger partial charge in [0.25, 0.3) is 5.91 Å². The standard InChI is InChI=1S/C18H21N3O4/c1-23-12-14-9-6-10-15(17(18(19)22)20-24-2)16(14)21-25-11-13-7-4-3-5-8-13/h3-10,15H,11-12H2,1-2H3,(H2,19,22). The fraction of sp³-hybridized carbons (Fsp3) is 0.278. The molecule has 0 heterocycles. The van der Waals surface area contributed by atoms with E-state index in [2.05, 4.69) is 10.3 Å². The van der Waals surface area contributed by atoms with E-state index in [1.165, 1.54) is 7.11 Å². The average Bonchev–Trinajstić information content (AvgIpc) is 2.62. The Kier molecular flexibility index (Phi) is 6.91. The van der Waals surface area contributed by atoms with Gasteiger partial charge in [-0.15, -0.1) is 0 Å². The van der Waals surface area contributed by atoms with Crippen molar-refractivity contribution in [3.63, 3.8) is 0 Å². The van der Waals surface area contributed by atoms with Crippen LogP contribution in [0.1, 0.15) is 5.56 Å². The molecule has 0 bridgehead atoms. The third-order valence-electron chi connectivity index (χ3n) is 3.50. The summed E-state index contributed by atoms with van der Waals surface area (Å²) in [5, 5.41) is 7.96. The Morgan fingerprint density at radius 1 is 1.20 bits per heavy atom. The van der Waals surface area contributed by atoms with Crippen LogP contribution in [0.3, 0.4) is 0 Å². The molecular weight excluding hydrogens is 322 g/mol. The molecule has 25 heavy (non-hydrogen) atoms. The number of methoxy groups -OCH3 is 1. The lowest BCUT2D eigenvalue weighted by atomic mass is 9.88. The van der Waals surface area contributed by atoms with E-state index in [9.17, 15) is 4.79 Å². The van der Waals surface area contributed by atoms with Gasteiger partial charge in [0, 0.05) is 12.7 Å². The van der Waals surface area contributed by atoms with Crippen LogP contribution >= 0.6 is 0 Å². The highest BCUT2D eigenvalue weighted by Gasteiger charge is 2.29. The molecular formula is C18H21N3O4. The molecule has 0 spiro atoms. The number of carbonyl (C=O) groups excluding carboxylic acids is 1. The molecule has 0 saturated heterocycles. The normalized spacial score (nSPS) is 18.8. The fourth-order valence-corrected chi connectivity index (χ4v) is 2.38. The molecule has 7 nitrogen and oxygen atoms in total. The number of carbonyl (C=O) groups is 1. The second-order valence-electron chi connectivity index (χ2n) is 5.25. The number of hydrogen-bond donors (Lipinski definition) is 1. The molecule has 0 aromatic heterocycles. The zero-order chi connectivity index (χ0) is 18.1. The average molecular weight is 343 g/mol. The zero-order valence-electron chi connectivity index (χ0n) is 14.2. The van der Waals surface area contributed by atoms with Gasteiger partial charge < -0.3 is 20.1 Å². The van der Waals surface area contributed by atoms with Crippen LogP contribution in [0.5, 0.6) is 0 Å². The Morgan fingerprint density at radius 2 is 1.96 bits per heavy atom. The van der Waals surface area contributed by atoms with E-state index in [0.29, 0.717) is 18.9 Å².